The molecule has 9 aromatic carbocycles. The summed E-state index contributed by atoms with van der Waals surface area (Å²) in [5, 5.41) is 7.73. The van der Waals surface area contributed by atoms with Crippen molar-refractivity contribution in [2.24, 2.45) is 0 Å². The molecule has 60 heavy (non-hydrogen) atoms. The Bertz CT molecular complexity index is 3440. The topological polar surface area (TPSA) is 9.86 Å². The van der Waals surface area contributed by atoms with Gasteiger partial charge in [0, 0.05) is 32.9 Å². The number of rotatable bonds is 9. The van der Waals surface area contributed by atoms with Crippen LogP contribution in [0.15, 0.2) is 188 Å². The molecule has 0 unspecified atom stereocenters. The molecule has 0 amide bonds. The van der Waals surface area contributed by atoms with E-state index in [0.717, 1.165) is 12.1 Å². The summed E-state index contributed by atoms with van der Waals surface area (Å²) in [6.07, 6.45) is 6.30. The van der Waals surface area contributed by atoms with Gasteiger partial charge in [0.1, 0.15) is 0 Å². The molecule has 286 valence electrons. The summed E-state index contributed by atoms with van der Waals surface area (Å²) in [7, 11) is 0. The van der Waals surface area contributed by atoms with Gasteiger partial charge in [0.05, 0.1) is 22.1 Å². The highest BCUT2D eigenvalue weighted by Gasteiger charge is 2.23. The molecule has 0 radical (unpaired) electrons. The zero-order valence-corrected chi connectivity index (χ0v) is 33.8. The molecule has 2 heterocycles. The fourth-order valence-corrected chi connectivity index (χ4v) is 10.3. The van der Waals surface area contributed by atoms with Gasteiger partial charge >= 0.3 is 0 Å². The minimum absolute atomic E-state index is 1.15. The van der Waals surface area contributed by atoms with Crippen molar-refractivity contribution in [3.8, 4) is 55.9 Å². The van der Waals surface area contributed by atoms with Crippen molar-refractivity contribution in [3.63, 3.8) is 0 Å². The summed E-state index contributed by atoms with van der Waals surface area (Å²) in [5.41, 5.74) is 18.9. The van der Waals surface area contributed by atoms with Gasteiger partial charge in [0.25, 0.3) is 0 Å². The van der Waals surface area contributed by atoms with E-state index in [1.54, 1.807) is 0 Å². The third-order valence-electron chi connectivity index (χ3n) is 13.2. The number of hydrogen-bond acceptors (Lipinski definition) is 0. The van der Waals surface area contributed by atoms with Gasteiger partial charge in [-0.05, 0) is 134 Å². The van der Waals surface area contributed by atoms with Crippen LogP contribution in [-0.4, -0.2) is 9.13 Å². The van der Waals surface area contributed by atoms with Crippen molar-refractivity contribution in [2.75, 3.05) is 0 Å². The first-order valence-corrected chi connectivity index (χ1v) is 21.7. The summed E-state index contributed by atoms with van der Waals surface area (Å²) in [6, 6.07) is 70.4. The lowest BCUT2D eigenvalue weighted by atomic mass is 9.94. The van der Waals surface area contributed by atoms with Crippen molar-refractivity contribution in [1.29, 1.82) is 0 Å². The van der Waals surface area contributed by atoms with Crippen LogP contribution in [0, 0.1) is 0 Å². The minimum atomic E-state index is 1.15. The smallest absolute Gasteiger partial charge is 0.0541 e. The normalized spacial score (nSPS) is 12.1. The molecule has 0 saturated heterocycles. The number of unbranched alkanes of at least 4 members (excludes halogenated alkanes) is 3. The fraction of sp³-hybridized carbons (Fsp3) is 0.103. The summed E-state index contributed by atoms with van der Waals surface area (Å²) in [4.78, 5) is 0. The highest BCUT2D eigenvalue weighted by molar-refractivity contribution is 6.19. The Kier molecular flexibility index (Phi) is 8.13. The van der Waals surface area contributed by atoms with Crippen LogP contribution in [0.5, 0.6) is 0 Å². The number of fused-ring (bicyclic) bond motifs is 9. The van der Waals surface area contributed by atoms with E-state index >= 15 is 0 Å². The Morgan fingerprint density at radius 2 is 0.883 bits per heavy atom. The molecule has 0 atom stereocenters. The number of hydrogen-bond donors (Lipinski definition) is 0. The van der Waals surface area contributed by atoms with Gasteiger partial charge in [-0.1, -0.05) is 154 Å². The second-order valence-electron chi connectivity index (χ2n) is 16.6. The maximum Gasteiger partial charge on any atom is 0.0541 e. The summed E-state index contributed by atoms with van der Waals surface area (Å²) >= 11 is 0. The highest BCUT2D eigenvalue weighted by Crippen LogP contribution is 2.49. The molecular formula is C58H44N2. The van der Waals surface area contributed by atoms with Gasteiger partial charge in [-0.3, -0.25) is 0 Å². The van der Waals surface area contributed by atoms with Crippen molar-refractivity contribution in [2.45, 2.75) is 39.0 Å². The maximum atomic E-state index is 2.45. The van der Waals surface area contributed by atoms with E-state index in [9.17, 15) is 0 Å². The number of benzene rings is 9. The first kappa shape index (κ1) is 34.8. The molecule has 11 aromatic rings. The lowest BCUT2D eigenvalue weighted by molar-refractivity contribution is 0.667. The van der Waals surface area contributed by atoms with Crippen LogP contribution in [-0.2, 0) is 6.42 Å². The predicted octanol–water partition coefficient (Wildman–Crippen LogP) is 16.1. The first-order valence-electron chi connectivity index (χ1n) is 21.7. The maximum absolute atomic E-state index is 2.45. The molecule has 2 aromatic heterocycles. The van der Waals surface area contributed by atoms with Crippen molar-refractivity contribution >= 4 is 54.4 Å². The van der Waals surface area contributed by atoms with Crippen molar-refractivity contribution in [3.05, 3.63) is 194 Å². The van der Waals surface area contributed by atoms with E-state index in [1.807, 2.05) is 0 Å². The third kappa shape index (κ3) is 5.41. The summed E-state index contributed by atoms with van der Waals surface area (Å²) in [5.74, 6) is 0. The monoisotopic (exact) mass is 768 g/mol. The van der Waals surface area contributed by atoms with Gasteiger partial charge in [0.15, 0.2) is 0 Å². The van der Waals surface area contributed by atoms with Crippen LogP contribution in [0.3, 0.4) is 0 Å². The molecule has 0 N–H and O–H groups in total. The van der Waals surface area contributed by atoms with Crippen molar-refractivity contribution < 1.29 is 0 Å². The SMILES string of the molecule is CCCCCCc1ccc(-n2c3ccccc3c3cc(-c4ccc5c(c4)c4ccccc4n5-c4cccc(-c5ccc6c7c(cccc57)-c5ccccc5-6)c4)ccc32)cc1. The standard InChI is InChI=1S/C58H44N2/c1-2-3-4-5-14-38-25-29-42(30-26-38)59-54-23-10-8-19-47(54)52-36-39(27-33-56(52)59)40-28-34-57-53(37-40)48-20-9-11-24-55(48)60(57)43-16-12-15-41(35-43)44-31-32-51-46-18-7-6-17-45(46)50-22-13-21-49(44)58(50)51/h6-13,15-37H,2-5,14H2,1H3. The van der Waals surface area contributed by atoms with Gasteiger partial charge in [-0.2, -0.15) is 0 Å². The van der Waals surface area contributed by atoms with E-state index in [-0.39, 0.29) is 0 Å². The van der Waals surface area contributed by atoms with Gasteiger partial charge < -0.3 is 9.13 Å². The molecule has 0 bridgehead atoms. The lowest BCUT2D eigenvalue weighted by Crippen LogP contribution is -1.95. The Labute approximate surface area is 350 Å². The Balaban J connectivity index is 0.943. The minimum Gasteiger partial charge on any atom is -0.309 e. The van der Waals surface area contributed by atoms with Crippen LogP contribution < -0.4 is 0 Å². The lowest BCUT2D eigenvalue weighted by Gasteiger charge is -2.13. The molecule has 2 nitrogen and oxygen atoms in total. The molecule has 0 spiro atoms. The molecular weight excluding hydrogens is 725 g/mol. The summed E-state index contributed by atoms with van der Waals surface area (Å²) in [6.45, 7) is 2.28. The molecule has 1 aliphatic rings. The van der Waals surface area contributed by atoms with Crippen LogP contribution >= 0.6 is 0 Å². The number of nitrogens with zero attached hydrogens (tertiary/aromatic N) is 2. The van der Waals surface area contributed by atoms with Crippen LogP contribution in [0.4, 0.5) is 0 Å². The largest absolute Gasteiger partial charge is 0.309 e. The zero-order chi connectivity index (χ0) is 39.7. The number of para-hydroxylation sites is 2. The first-order chi connectivity index (χ1) is 29.7. The van der Waals surface area contributed by atoms with E-state index in [1.165, 1.54) is 136 Å². The highest BCUT2D eigenvalue weighted by atomic mass is 15.0. The Morgan fingerprint density at radius 3 is 1.57 bits per heavy atom. The molecule has 0 saturated carbocycles. The van der Waals surface area contributed by atoms with Crippen LogP contribution in [0.25, 0.3) is 110 Å². The van der Waals surface area contributed by atoms with E-state index in [2.05, 4.69) is 204 Å². The second kappa shape index (κ2) is 14.0. The Morgan fingerprint density at radius 1 is 0.333 bits per heavy atom. The van der Waals surface area contributed by atoms with Gasteiger partial charge in [-0.25, -0.2) is 0 Å². The molecule has 1 aliphatic carbocycles. The second-order valence-corrected chi connectivity index (χ2v) is 16.6. The fourth-order valence-electron chi connectivity index (χ4n) is 10.3. The van der Waals surface area contributed by atoms with E-state index in [0.29, 0.717) is 0 Å². The molecule has 2 heteroatoms. The summed E-state index contributed by atoms with van der Waals surface area (Å²) < 4.78 is 4.88. The van der Waals surface area contributed by atoms with Crippen molar-refractivity contribution in [1.82, 2.24) is 9.13 Å². The molecule has 0 aliphatic heterocycles. The third-order valence-corrected chi connectivity index (χ3v) is 13.2. The van der Waals surface area contributed by atoms with E-state index in [4.69, 9.17) is 0 Å². The quantitative estimate of drug-likeness (QED) is 0.129. The Hall–Kier alpha value is -7.16. The van der Waals surface area contributed by atoms with Crippen LogP contribution in [0.2, 0.25) is 0 Å². The van der Waals surface area contributed by atoms with Crippen LogP contribution in [0.1, 0.15) is 38.2 Å². The predicted molar refractivity (Wildman–Crippen MR) is 256 cm³/mol. The number of aromatic nitrogens is 2. The average molecular weight is 769 g/mol. The van der Waals surface area contributed by atoms with Gasteiger partial charge in [-0.15, -0.1) is 0 Å². The van der Waals surface area contributed by atoms with Gasteiger partial charge in [0.2, 0.25) is 0 Å². The molecule has 0 fully saturated rings. The average Bonchev–Trinajstić information content (AvgIpc) is 3.94. The zero-order valence-electron chi connectivity index (χ0n) is 33.8. The molecule has 12 rings (SSSR count). The van der Waals surface area contributed by atoms with E-state index < -0.39 is 0 Å². The number of aryl methyl sites for hydroxylation is 1.